The molecule has 0 spiro atoms. The van der Waals surface area contributed by atoms with Gasteiger partial charge in [-0.25, -0.2) is 13.3 Å². The fourth-order valence-electron chi connectivity index (χ4n) is 3.10. The summed E-state index contributed by atoms with van der Waals surface area (Å²) in [5, 5.41) is 30.9. The van der Waals surface area contributed by atoms with Crippen molar-refractivity contribution in [3.05, 3.63) is 12.2 Å². The Morgan fingerprint density at radius 1 is 1.31 bits per heavy atom. The topological polar surface area (TPSA) is 99.0 Å². The van der Waals surface area contributed by atoms with E-state index < -0.39 is 53.1 Å². The molecule has 2 aliphatic rings. The largest absolute Gasteiger partial charge is 0.388 e. The molecule has 152 valence electrons. The molecule has 9 heteroatoms. The molecule has 1 fully saturated rings. The van der Waals surface area contributed by atoms with Crippen molar-refractivity contribution in [2.75, 3.05) is 11.5 Å². The summed E-state index contributed by atoms with van der Waals surface area (Å²) in [6.07, 6.45) is -0.498. The van der Waals surface area contributed by atoms with Crippen LogP contribution >= 0.6 is 11.8 Å². The van der Waals surface area contributed by atoms with Crippen molar-refractivity contribution < 1.29 is 28.7 Å². The smallest absolute Gasteiger partial charge is 0.132 e. The molecule has 6 nitrogen and oxygen atoms in total. The van der Waals surface area contributed by atoms with Gasteiger partial charge in [-0.1, -0.05) is 32.4 Å². The first kappa shape index (κ1) is 22.3. The van der Waals surface area contributed by atoms with Crippen LogP contribution in [0.2, 0.25) is 0 Å². The summed E-state index contributed by atoms with van der Waals surface area (Å²) in [5.74, 6) is 0.386. The molecular weight excluding hydrogens is 381 g/mol. The van der Waals surface area contributed by atoms with Crippen LogP contribution in [0.25, 0.3) is 0 Å². The summed E-state index contributed by atoms with van der Waals surface area (Å²) < 4.78 is 35.2. The van der Waals surface area contributed by atoms with E-state index in [1.54, 1.807) is 6.08 Å². The zero-order chi connectivity index (χ0) is 19.3. The lowest BCUT2D eigenvalue weighted by Crippen LogP contribution is -2.63. The average molecular weight is 412 g/mol. The number of rotatable bonds is 5. The van der Waals surface area contributed by atoms with Gasteiger partial charge in [-0.05, 0) is 18.8 Å². The van der Waals surface area contributed by atoms with Crippen molar-refractivity contribution in [1.82, 2.24) is 4.72 Å². The Bertz CT molecular complexity index is 498. The van der Waals surface area contributed by atoms with Crippen LogP contribution in [0, 0.1) is 5.92 Å². The van der Waals surface area contributed by atoms with Crippen molar-refractivity contribution >= 4 is 22.7 Å². The van der Waals surface area contributed by atoms with Gasteiger partial charge in [0.2, 0.25) is 0 Å². The maximum Gasteiger partial charge on any atom is 0.132 e. The van der Waals surface area contributed by atoms with Gasteiger partial charge in [0.05, 0.1) is 17.0 Å². The molecule has 0 radical (unpaired) electrons. The zero-order valence-corrected chi connectivity index (χ0v) is 16.8. The molecule has 2 aliphatic heterocycles. The van der Waals surface area contributed by atoms with Crippen LogP contribution in [0.1, 0.15) is 33.1 Å². The zero-order valence-electron chi connectivity index (χ0n) is 15.2. The highest BCUT2D eigenvalue weighted by molar-refractivity contribution is 7.99. The highest BCUT2D eigenvalue weighted by atomic mass is 32.2. The molecule has 26 heavy (non-hydrogen) atoms. The van der Waals surface area contributed by atoms with Gasteiger partial charge in [-0.2, -0.15) is 0 Å². The normalized spacial score (nSPS) is 44.1. The monoisotopic (exact) mass is 411 g/mol. The van der Waals surface area contributed by atoms with Crippen LogP contribution < -0.4 is 4.72 Å². The lowest BCUT2D eigenvalue weighted by molar-refractivity contribution is -0.205. The summed E-state index contributed by atoms with van der Waals surface area (Å²) in [4.78, 5) is 0. The van der Waals surface area contributed by atoms with Crippen molar-refractivity contribution in [3.8, 4) is 0 Å². The highest BCUT2D eigenvalue weighted by Crippen LogP contribution is 2.33. The molecular formula is C17H30FNO5S2. The number of hydrogen-bond donors (Lipinski definition) is 4. The molecule has 0 aromatic heterocycles. The average Bonchev–Trinajstić information content (AvgIpc) is 2.63. The van der Waals surface area contributed by atoms with Gasteiger partial charge in [0.1, 0.15) is 36.0 Å². The summed E-state index contributed by atoms with van der Waals surface area (Å²) in [6, 6.07) is -0.541. The molecule has 0 aliphatic carbocycles. The first-order valence-corrected chi connectivity index (χ1v) is 11.5. The Labute approximate surface area is 161 Å². The van der Waals surface area contributed by atoms with Crippen molar-refractivity contribution in [1.29, 1.82) is 0 Å². The first-order chi connectivity index (χ1) is 12.3. The van der Waals surface area contributed by atoms with Crippen LogP contribution in [0.15, 0.2) is 12.2 Å². The second kappa shape index (κ2) is 10.5. The highest BCUT2D eigenvalue weighted by Gasteiger charge is 2.48. The Kier molecular flexibility index (Phi) is 8.99. The van der Waals surface area contributed by atoms with E-state index >= 15 is 0 Å². The Hall–Kier alpha value is -0.0300. The number of hydrogen-bond acceptors (Lipinski definition) is 6. The van der Waals surface area contributed by atoms with Crippen LogP contribution in [-0.2, 0) is 15.7 Å². The van der Waals surface area contributed by atoms with Gasteiger partial charge in [-0.15, -0.1) is 11.8 Å². The first-order valence-electron chi connectivity index (χ1n) is 9.11. The number of halogens is 1. The minimum Gasteiger partial charge on any atom is -0.388 e. The molecule has 0 aromatic carbocycles. The number of unbranched alkanes of at least 4 members (excludes halogenated alkanes) is 1. The van der Waals surface area contributed by atoms with Gasteiger partial charge < -0.3 is 20.1 Å². The van der Waals surface area contributed by atoms with Crippen molar-refractivity contribution in [3.63, 3.8) is 0 Å². The number of thioether (sulfide) groups is 1. The summed E-state index contributed by atoms with van der Waals surface area (Å²) in [5.41, 5.74) is -0.852. The molecule has 2 rings (SSSR count). The SMILES string of the molecule is CCCCS(=O)NC1C2OC(SCC(F)C/C=C\[C@H]1C)C(O)C(O)C2O. The predicted molar refractivity (Wildman–Crippen MR) is 102 cm³/mol. The number of allylic oxidation sites excluding steroid dienone is 1. The van der Waals surface area contributed by atoms with Gasteiger partial charge >= 0.3 is 0 Å². The third-order valence-electron chi connectivity index (χ3n) is 4.75. The van der Waals surface area contributed by atoms with E-state index in [0.29, 0.717) is 5.75 Å². The molecule has 0 amide bonds. The fourth-order valence-corrected chi connectivity index (χ4v) is 5.52. The number of nitrogens with one attached hydrogen (secondary N) is 1. The van der Waals surface area contributed by atoms with E-state index in [4.69, 9.17) is 4.74 Å². The van der Waals surface area contributed by atoms with E-state index in [0.717, 1.165) is 24.6 Å². The van der Waals surface area contributed by atoms with E-state index in [1.807, 2.05) is 19.9 Å². The second-order valence-corrected chi connectivity index (χ2v) is 9.41. The molecule has 0 saturated carbocycles. The fraction of sp³-hybridized carbons (Fsp3) is 0.882. The lowest BCUT2D eigenvalue weighted by atomic mass is 9.88. The van der Waals surface area contributed by atoms with E-state index in [1.165, 1.54) is 0 Å². The van der Waals surface area contributed by atoms with Crippen molar-refractivity contribution in [2.45, 2.75) is 75.2 Å². The number of ether oxygens (including phenoxy) is 1. The maximum absolute atomic E-state index is 14.0. The second-order valence-electron chi connectivity index (χ2n) is 6.94. The number of aliphatic hydroxyl groups is 3. The molecule has 0 aromatic rings. The minimum absolute atomic E-state index is 0.122. The van der Waals surface area contributed by atoms with E-state index in [-0.39, 0.29) is 18.1 Å². The van der Waals surface area contributed by atoms with Crippen LogP contribution in [-0.4, -0.2) is 73.1 Å². The lowest BCUT2D eigenvalue weighted by Gasteiger charge is -2.44. The van der Waals surface area contributed by atoms with E-state index in [2.05, 4.69) is 4.72 Å². The number of fused-ring (bicyclic) bond motifs is 2. The van der Waals surface area contributed by atoms with Gasteiger partial charge in [0.25, 0.3) is 0 Å². The molecule has 2 heterocycles. The molecule has 1 saturated heterocycles. The summed E-state index contributed by atoms with van der Waals surface area (Å²) >= 11 is 1.09. The van der Waals surface area contributed by atoms with Gasteiger partial charge in [0.15, 0.2) is 0 Å². The third-order valence-corrected chi connectivity index (χ3v) is 7.22. The quantitative estimate of drug-likeness (QED) is 0.502. The number of aliphatic hydroxyl groups excluding tert-OH is 3. The van der Waals surface area contributed by atoms with Gasteiger partial charge in [0, 0.05) is 11.5 Å². The molecule has 2 bridgehead atoms. The Balaban J connectivity index is 2.25. The van der Waals surface area contributed by atoms with Gasteiger partial charge in [-0.3, -0.25) is 0 Å². The Morgan fingerprint density at radius 3 is 2.73 bits per heavy atom. The molecule has 4 N–H and O–H groups in total. The number of alkyl halides is 1. The van der Waals surface area contributed by atoms with Crippen LogP contribution in [0.3, 0.4) is 0 Å². The van der Waals surface area contributed by atoms with Crippen LogP contribution in [0.5, 0.6) is 0 Å². The van der Waals surface area contributed by atoms with E-state index in [9.17, 15) is 23.9 Å². The Morgan fingerprint density at radius 2 is 2.04 bits per heavy atom. The standard InChI is InChI=1S/C17H30FNO5S2/c1-3-4-8-26(23)19-12-10(2)6-5-7-11(18)9-25-17-15(22)13(20)14(21)16(12)24-17/h5-6,10-17,19-22H,3-4,7-9H2,1-2H3/b6-5-/t10-,11?,12?,13?,14?,15?,16?,17?,26?/m1/s1. The maximum atomic E-state index is 14.0. The molecule has 8 unspecified atom stereocenters. The summed E-state index contributed by atoms with van der Waals surface area (Å²) in [6.45, 7) is 3.88. The van der Waals surface area contributed by atoms with Crippen molar-refractivity contribution in [2.24, 2.45) is 5.92 Å². The minimum atomic E-state index is -1.41. The molecule has 9 atom stereocenters. The van der Waals surface area contributed by atoms with Crippen LogP contribution in [0.4, 0.5) is 4.39 Å². The predicted octanol–water partition coefficient (Wildman–Crippen LogP) is 0.883. The third kappa shape index (κ3) is 5.73. The summed E-state index contributed by atoms with van der Waals surface area (Å²) in [7, 11) is -1.32.